The van der Waals surface area contributed by atoms with Crippen molar-refractivity contribution in [2.24, 2.45) is 0 Å². The standard InChI is InChI=1S/C18H16N2O3S.C17H15BrO4.C2H6O/c1-10-5-13(6-11(2)17(10)14-8-24-18(19)20-14)23-12-3-4-15-16(7-12)22-9-21-15;1-10-5-13(6-11(2)17(10)14(19)8-18)22-12-3-4-15-16(7-12)21-9-20-15;1-2-3/h3-8H,9H2,1-2H3,(H2,19,20);3-7H,8-9H2,1-2H3;3H,2H2,1H3. The highest BCUT2D eigenvalue weighted by molar-refractivity contribution is 9.09. The number of carbonyl (C=O) groups is 1. The Bertz CT molecular complexity index is 1920. The number of hydrogen-bond acceptors (Lipinski definition) is 11. The molecule has 49 heavy (non-hydrogen) atoms. The lowest BCUT2D eigenvalue weighted by atomic mass is 9.99. The molecular formula is C37H37BrN2O8S. The first-order valence-corrected chi connectivity index (χ1v) is 17.4. The maximum Gasteiger partial charge on any atom is 0.231 e. The summed E-state index contributed by atoms with van der Waals surface area (Å²) in [5, 5.41) is 10.4. The Hall–Kier alpha value is -4.78. The highest BCUT2D eigenvalue weighted by Crippen LogP contribution is 2.39. The molecule has 5 aromatic rings. The van der Waals surface area contributed by atoms with E-state index in [2.05, 4.69) is 20.9 Å². The Labute approximate surface area is 297 Å². The van der Waals surface area contributed by atoms with Crippen LogP contribution in [0.25, 0.3) is 11.3 Å². The summed E-state index contributed by atoms with van der Waals surface area (Å²) in [6.45, 7) is 10.3. The second kappa shape index (κ2) is 16.1. The van der Waals surface area contributed by atoms with Gasteiger partial charge in [-0.2, -0.15) is 0 Å². The van der Waals surface area contributed by atoms with Gasteiger partial charge in [0.2, 0.25) is 13.6 Å². The second-order valence-corrected chi connectivity index (χ2v) is 12.5. The highest BCUT2D eigenvalue weighted by Gasteiger charge is 2.17. The van der Waals surface area contributed by atoms with Gasteiger partial charge in [-0.1, -0.05) is 15.9 Å². The number of aliphatic hydroxyl groups is 1. The Kier molecular flexibility index (Phi) is 11.7. The van der Waals surface area contributed by atoms with Crippen LogP contribution in [0.4, 0.5) is 5.13 Å². The first-order valence-electron chi connectivity index (χ1n) is 15.4. The summed E-state index contributed by atoms with van der Waals surface area (Å²) in [5.41, 5.74) is 12.5. The molecule has 2 aliphatic rings. The van der Waals surface area contributed by atoms with Crippen LogP contribution in [-0.2, 0) is 0 Å². The third kappa shape index (κ3) is 8.63. The molecule has 3 N–H and O–H groups in total. The minimum absolute atomic E-state index is 0.0737. The molecule has 7 rings (SSSR count). The Morgan fingerprint density at radius 3 is 1.65 bits per heavy atom. The number of benzene rings is 4. The van der Waals surface area contributed by atoms with Crippen LogP contribution in [0.5, 0.6) is 46.0 Å². The Morgan fingerprint density at radius 2 is 1.22 bits per heavy atom. The van der Waals surface area contributed by atoms with E-state index >= 15 is 0 Å². The van der Waals surface area contributed by atoms with Crippen LogP contribution in [0.2, 0.25) is 0 Å². The van der Waals surface area contributed by atoms with Crippen molar-refractivity contribution >= 4 is 38.2 Å². The van der Waals surface area contributed by atoms with E-state index in [4.69, 9.17) is 39.3 Å². The number of rotatable bonds is 7. The summed E-state index contributed by atoms with van der Waals surface area (Å²) in [7, 11) is 0. The second-order valence-electron chi connectivity index (χ2n) is 11.0. The topological polar surface area (TPSA) is 132 Å². The molecule has 0 saturated heterocycles. The maximum atomic E-state index is 11.9. The number of aliphatic hydroxyl groups excluding tert-OH is 1. The lowest BCUT2D eigenvalue weighted by molar-refractivity contribution is 0.102. The molecule has 0 fully saturated rings. The largest absolute Gasteiger partial charge is 0.457 e. The van der Waals surface area contributed by atoms with Gasteiger partial charge in [0.1, 0.15) is 23.0 Å². The number of anilines is 1. The molecule has 4 aromatic carbocycles. The fourth-order valence-corrected chi connectivity index (χ4v) is 6.27. The van der Waals surface area contributed by atoms with Crippen LogP contribution in [0, 0.1) is 27.7 Å². The smallest absolute Gasteiger partial charge is 0.231 e. The van der Waals surface area contributed by atoms with Gasteiger partial charge in [-0.15, -0.1) is 11.3 Å². The number of nitrogens with two attached hydrogens (primary N) is 1. The average Bonchev–Trinajstić information content (AvgIpc) is 3.82. The van der Waals surface area contributed by atoms with Crippen LogP contribution >= 0.6 is 27.3 Å². The lowest BCUT2D eigenvalue weighted by Crippen LogP contribution is -2.05. The first kappa shape index (κ1) is 35.5. The number of alkyl halides is 1. The van der Waals surface area contributed by atoms with Gasteiger partial charge >= 0.3 is 0 Å². The summed E-state index contributed by atoms with van der Waals surface area (Å²) >= 11 is 4.66. The van der Waals surface area contributed by atoms with Gasteiger partial charge in [-0.3, -0.25) is 4.79 Å². The minimum atomic E-state index is 0.0737. The van der Waals surface area contributed by atoms with Gasteiger partial charge in [-0.25, -0.2) is 4.98 Å². The van der Waals surface area contributed by atoms with Crippen LogP contribution in [-0.4, -0.2) is 41.4 Å². The number of nitrogen functional groups attached to an aromatic ring is 1. The van der Waals surface area contributed by atoms with Gasteiger partial charge in [0.25, 0.3) is 0 Å². The molecule has 0 saturated carbocycles. The van der Waals surface area contributed by atoms with E-state index in [-0.39, 0.29) is 26.0 Å². The highest BCUT2D eigenvalue weighted by atomic mass is 79.9. The molecule has 0 unspecified atom stereocenters. The molecule has 256 valence electrons. The summed E-state index contributed by atoms with van der Waals surface area (Å²) in [6, 6.07) is 18.7. The van der Waals surface area contributed by atoms with E-state index < -0.39 is 0 Å². The van der Waals surface area contributed by atoms with Crippen LogP contribution in [0.3, 0.4) is 0 Å². The van der Waals surface area contributed by atoms with E-state index in [9.17, 15) is 4.79 Å². The van der Waals surface area contributed by atoms with Gasteiger partial charge in [-0.05, 0) is 105 Å². The van der Waals surface area contributed by atoms with Crippen LogP contribution < -0.4 is 34.2 Å². The van der Waals surface area contributed by atoms with Gasteiger partial charge in [0.15, 0.2) is 33.9 Å². The minimum Gasteiger partial charge on any atom is -0.457 e. The van der Waals surface area contributed by atoms with Crippen molar-refractivity contribution < 1.29 is 38.3 Å². The van der Waals surface area contributed by atoms with E-state index in [1.165, 1.54) is 11.3 Å². The fourth-order valence-electron chi connectivity index (χ4n) is 5.43. The number of thiazole rings is 1. The van der Waals surface area contributed by atoms with E-state index in [0.717, 1.165) is 56.3 Å². The summed E-state index contributed by atoms with van der Waals surface area (Å²) in [4.78, 5) is 16.3. The molecule has 0 spiro atoms. The van der Waals surface area contributed by atoms with E-state index in [1.807, 2.05) is 87.7 Å². The normalized spacial score (nSPS) is 12.0. The SMILES string of the molecule is CCO.Cc1cc(Oc2ccc3c(c2)OCO3)cc(C)c1-c1csc(N)n1.Cc1cc(Oc2ccc3c(c2)OCO3)cc(C)c1C(=O)CBr. The number of hydrogen-bond donors (Lipinski definition) is 2. The number of fused-ring (bicyclic) bond motifs is 2. The molecule has 1 aromatic heterocycles. The third-order valence-corrected chi connectivity index (χ3v) is 8.53. The Morgan fingerprint density at radius 1 is 0.776 bits per heavy atom. The molecule has 0 radical (unpaired) electrons. The molecule has 10 nitrogen and oxygen atoms in total. The number of ketones is 1. The molecule has 0 bridgehead atoms. The van der Waals surface area contributed by atoms with Crippen molar-refractivity contribution in [3.8, 4) is 57.3 Å². The number of carbonyl (C=O) groups excluding carboxylic acids is 1. The number of nitrogens with zero attached hydrogens (tertiary/aromatic N) is 1. The first-order chi connectivity index (χ1) is 23.6. The lowest BCUT2D eigenvalue weighted by Gasteiger charge is -2.12. The van der Waals surface area contributed by atoms with Crippen molar-refractivity contribution in [3.63, 3.8) is 0 Å². The van der Waals surface area contributed by atoms with Crippen molar-refractivity contribution in [3.05, 3.63) is 93.9 Å². The molecule has 2 aliphatic heterocycles. The monoisotopic (exact) mass is 748 g/mol. The zero-order chi connectivity index (χ0) is 35.1. The van der Waals surface area contributed by atoms with Gasteiger partial charge < -0.3 is 39.3 Å². The fraction of sp³-hybridized carbons (Fsp3) is 0.243. The van der Waals surface area contributed by atoms with Gasteiger partial charge in [0.05, 0.1) is 11.0 Å². The van der Waals surface area contributed by atoms with Crippen molar-refractivity contribution in [2.45, 2.75) is 34.6 Å². The zero-order valence-corrected chi connectivity index (χ0v) is 30.2. The van der Waals surface area contributed by atoms with Crippen LogP contribution in [0.1, 0.15) is 39.5 Å². The molecular weight excluding hydrogens is 712 g/mol. The van der Waals surface area contributed by atoms with Crippen molar-refractivity contribution in [2.75, 3.05) is 31.3 Å². The third-order valence-electron chi connectivity index (χ3n) is 7.35. The average molecular weight is 750 g/mol. The number of aryl methyl sites for hydroxylation is 4. The molecule has 3 heterocycles. The number of aromatic nitrogens is 1. The Balaban J connectivity index is 0.000000178. The zero-order valence-electron chi connectivity index (χ0n) is 27.8. The molecule has 0 atom stereocenters. The van der Waals surface area contributed by atoms with Crippen LogP contribution in [0.15, 0.2) is 66.0 Å². The van der Waals surface area contributed by atoms with Crippen molar-refractivity contribution in [1.82, 2.24) is 4.98 Å². The summed E-state index contributed by atoms with van der Waals surface area (Å²) < 4.78 is 33.2. The predicted molar refractivity (Wildman–Crippen MR) is 194 cm³/mol. The molecule has 0 aliphatic carbocycles. The summed E-state index contributed by atoms with van der Waals surface area (Å²) in [6.07, 6.45) is 0. The number of ether oxygens (including phenoxy) is 6. The quantitative estimate of drug-likeness (QED) is 0.123. The number of Topliss-reactive ketones (excluding diaryl/α,β-unsaturated/α-hetero) is 1. The van der Waals surface area contributed by atoms with E-state index in [1.54, 1.807) is 13.0 Å². The predicted octanol–water partition coefficient (Wildman–Crippen LogP) is 8.93. The molecule has 0 amide bonds. The molecule has 12 heteroatoms. The van der Waals surface area contributed by atoms with E-state index in [0.29, 0.717) is 39.2 Å². The van der Waals surface area contributed by atoms with Gasteiger partial charge in [0, 0.05) is 35.2 Å². The van der Waals surface area contributed by atoms with Crippen molar-refractivity contribution in [1.29, 1.82) is 0 Å². The number of halogens is 1. The maximum absolute atomic E-state index is 11.9. The summed E-state index contributed by atoms with van der Waals surface area (Å²) in [5.74, 6) is 5.77.